The van der Waals surface area contributed by atoms with Crippen molar-refractivity contribution in [1.29, 1.82) is 0 Å². The molecule has 0 amide bonds. The number of rotatable bonds is 1. The molecular weight excluding hydrogens is 335 g/mol. The maximum atomic E-state index is 11.8. The van der Waals surface area contributed by atoms with Crippen LogP contribution in [-0.4, -0.2) is 17.7 Å². The summed E-state index contributed by atoms with van der Waals surface area (Å²) in [7, 11) is 0. The summed E-state index contributed by atoms with van der Waals surface area (Å²) in [6.45, 7) is 2.98. The number of benzene rings is 1. The molecule has 19 heavy (non-hydrogen) atoms. The van der Waals surface area contributed by atoms with Gasteiger partial charge in [-0.05, 0) is 29.8 Å². The summed E-state index contributed by atoms with van der Waals surface area (Å²) >= 11 is 9.29. The molecule has 1 fully saturated rings. The standard InChI is InChI=1S/C13H10BrClO4/c1-13(2)18-11(16)9(12(17)19-13)6-7-5-8(14)3-4-10(7)15/h3-6H,1-2H3. The average molecular weight is 346 g/mol. The van der Waals surface area contributed by atoms with Gasteiger partial charge in [0.2, 0.25) is 0 Å². The van der Waals surface area contributed by atoms with Crippen molar-refractivity contribution < 1.29 is 19.1 Å². The van der Waals surface area contributed by atoms with Gasteiger partial charge in [-0.2, -0.15) is 0 Å². The lowest BCUT2D eigenvalue weighted by atomic mass is 10.1. The number of ether oxygens (including phenoxy) is 2. The third-order valence-electron chi connectivity index (χ3n) is 2.37. The SMILES string of the molecule is CC1(C)OC(=O)C(=Cc2cc(Br)ccc2Cl)C(=O)O1. The number of cyclic esters (lactones) is 2. The summed E-state index contributed by atoms with van der Waals surface area (Å²) in [5, 5.41) is 0.418. The topological polar surface area (TPSA) is 52.6 Å². The van der Waals surface area contributed by atoms with Gasteiger partial charge in [0.15, 0.2) is 0 Å². The lowest BCUT2D eigenvalue weighted by molar-refractivity contribution is -0.222. The van der Waals surface area contributed by atoms with Gasteiger partial charge in [0.05, 0.1) is 0 Å². The average Bonchev–Trinajstić information content (AvgIpc) is 2.26. The van der Waals surface area contributed by atoms with Crippen LogP contribution in [0.4, 0.5) is 0 Å². The van der Waals surface area contributed by atoms with Crippen molar-refractivity contribution in [3.63, 3.8) is 0 Å². The van der Waals surface area contributed by atoms with Crippen molar-refractivity contribution in [2.45, 2.75) is 19.6 Å². The van der Waals surface area contributed by atoms with E-state index >= 15 is 0 Å². The molecule has 4 nitrogen and oxygen atoms in total. The second-order valence-electron chi connectivity index (χ2n) is 4.40. The van der Waals surface area contributed by atoms with Crippen LogP contribution in [0.25, 0.3) is 6.08 Å². The lowest BCUT2D eigenvalue weighted by Gasteiger charge is -2.29. The highest BCUT2D eigenvalue weighted by atomic mass is 79.9. The fourth-order valence-corrected chi connectivity index (χ4v) is 2.11. The molecule has 0 saturated carbocycles. The van der Waals surface area contributed by atoms with Gasteiger partial charge in [-0.1, -0.05) is 27.5 Å². The van der Waals surface area contributed by atoms with E-state index in [9.17, 15) is 9.59 Å². The first-order chi connectivity index (χ1) is 8.78. The number of carbonyl (C=O) groups is 2. The Labute approximate surface area is 123 Å². The Balaban J connectivity index is 2.41. The van der Waals surface area contributed by atoms with E-state index in [4.69, 9.17) is 21.1 Å². The van der Waals surface area contributed by atoms with Gasteiger partial charge in [-0.3, -0.25) is 0 Å². The third-order valence-corrected chi connectivity index (χ3v) is 3.21. The van der Waals surface area contributed by atoms with E-state index in [0.717, 1.165) is 4.47 Å². The largest absolute Gasteiger partial charge is 0.419 e. The van der Waals surface area contributed by atoms with Gasteiger partial charge < -0.3 is 9.47 Å². The first-order valence-electron chi connectivity index (χ1n) is 5.42. The number of hydrogen-bond acceptors (Lipinski definition) is 4. The zero-order chi connectivity index (χ0) is 14.2. The molecule has 0 radical (unpaired) electrons. The first kappa shape index (κ1) is 14.1. The molecule has 100 valence electrons. The number of esters is 2. The fourth-order valence-electron chi connectivity index (χ4n) is 1.56. The highest BCUT2D eigenvalue weighted by Gasteiger charge is 2.38. The summed E-state index contributed by atoms with van der Waals surface area (Å²) in [5.41, 5.74) is 0.346. The summed E-state index contributed by atoms with van der Waals surface area (Å²) in [5.74, 6) is -2.69. The first-order valence-corrected chi connectivity index (χ1v) is 6.59. The van der Waals surface area contributed by atoms with Gasteiger partial charge in [0.25, 0.3) is 5.79 Å². The lowest BCUT2D eigenvalue weighted by Crippen LogP contribution is -2.41. The van der Waals surface area contributed by atoms with Gasteiger partial charge >= 0.3 is 11.9 Å². The molecular formula is C13H10BrClO4. The Morgan fingerprint density at radius 3 is 2.37 bits per heavy atom. The molecule has 1 heterocycles. The van der Waals surface area contributed by atoms with E-state index in [1.807, 2.05) is 0 Å². The molecule has 0 N–H and O–H groups in total. The molecule has 2 rings (SSSR count). The Bertz CT molecular complexity index is 570. The van der Waals surface area contributed by atoms with E-state index < -0.39 is 17.7 Å². The predicted molar refractivity (Wildman–Crippen MR) is 73.4 cm³/mol. The Kier molecular flexibility index (Phi) is 3.69. The molecule has 0 unspecified atom stereocenters. The number of carbonyl (C=O) groups excluding carboxylic acids is 2. The van der Waals surface area contributed by atoms with Crippen molar-refractivity contribution in [2.24, 2.45) is 0 Å². The Morgan fingerprint density at radius 2 is 1.79 bits per heavy atom. The smallest absolute Gasteiger partial charge is 0.348 e. The van der Waals surface area contributed by atoms with Crippen LogP contribution < -0.4 is 0 Å². The third kappa shape index (κ3) is 3.16. The minimum absolute atomic E-state index is 0.181. The van der Waals surface area contributed by atoms with Crippen molar-refractivity contribution >= 4 is 45.5 Å². The van der Waals surface area contributed by atoms with Crippen molar-refractivity contribution in [2.75, 3.05) is 0 Å². The quantitative estimate of drug-likeness (QED) is 0.445. The van der Waals surface area contributed by atoms with E-state index in [1.165, 1.54) is 19.9 Å². The van der Waals surface area contributed by atoms with Crippen molar-refractivity contribution in [3.8, 4) is 0 Å². The van der Waals surface area contributed by atoms with Crippen LogP contribution in [-0.2, 0) is 19.1 Å². The van der Waals surface area contributed by atoms with Crippen LogP contribution in [0, 0.1) is 0 Å². The van der Waals surface area contributed by atoms with Gasteiger partial charge in [0, 0.05) is 23.3 Å². The summed E-state index contributed by atoms with van der Waals surface area (Å²) < 4.78 is 10.8. The molecule has 0 aromatic heterocycles. The molecule has 1 aliphatic heterocycles. The molecule has 0 atom stereocenters. The van der Waals surface area contributed by atoms with Crippen LogP contribution in [0.3, 0.4) is 0 Å². The van der Waals surface area contributed by atoms with E-state index in [-0.39, 0.29) is 5.57 Å². The van der Waals surface area contributed by atoms with Gasteiger partial charge in [-0.25, -0.2) is 9.59 Å². The normalized spacial score (nSPS) is 17.8. The molecule has 1 aromatic rings. The minimum Gasteiger partial charge on any atom is -0.419 e. The molecule has 1 aliphatic rings. The van der Waals surface area contributed by atoms with Gasteiger partial charge in [-0.15, -0.1) is 0 Å². The molecule has 0 bridgehead atoms. The molecule has 0 aliphatic carbocycles. The van der Waals surface area contributed by atoms with Crippen LogP contribution in [0.1, 0.15) is 19.4 Å². The zero-order valence-corrected chi connectivity index (χ0v) is 12.5. The minimum atomic E-state index is -1.24. The summed E-state index contributed by atoms with van der Waals surface area (Å²) in [4.78, 5) is 23.5. The summed E-state index contributed by atoms with van der Waals surface area (Å²) in [6.07, 6.45) is 1.35. The molecule has 6 heteroatoms. The predicted octanol–water partition coefficient (Wildman–Crippen LogP) is 3.32. The Morgan fingerprint density at radius 1 is 1.21 bits per heavy atom. The van der Waals surface area contributed by atoms with Crippen LogP contribution >= 0.6 is 27.5 Å². The molecule has 1 saturated heterocycles. The van der Waals surface area contributed by atoms with E-state index in [2.05, 4.69) is 15.9 Å². The van der Waals surface area contributed by atoms with Crippen molar-refractivity contribution in [1.82, 2.24) is 0 Å². The maximum Gasteiger partial charge on any atom is 0.348 e. The monoisotopic (exact) mass is 344 g/mol. The second kappa shape index (κ2) is 4.98. The highest BCUT2D eigenvalue weighted by molar-refractivity contribution is 9.10. The Hall–Kier alpha value is -1.33. The van der Waals surface area contributed by atoms with E-state index in [0.29, 0.717) is 10.6 Å². The van der Waals surface area contributed by atoms with Crippen LogP contribution in [0.2, 0.25) is 5.02 Å². The second-order valence-corrected chi connectivity index (χ2v) is 5.73. The van der Waals surface area contributed by atoms with Gasteiger partial charge in [0.1, 0.15) is 5.57 Å². The van der Waals surface area contributed by atoms with E-state index in [1.54, 1.807) is 18.2 Å². The van der Waals surface area contributed by atoms with Crippen LogP contribution in [0.5, 0.6) is 0 Å². The number of hydrogen-bond donors (Lipinski definition) is 0. The number of halogens is 2. The zero-order valence-electron chi connectivity index (χ0n) is 10.2. The fraction of sp³-hybridized carbons (Fsp3) is 0.231. The highest BCUT2D eigenvalue weighted by Crippen LogP contribution is 2.27. The molecule has 1 aromatic carbocycles. The summed E-state index contributed by atoms with van der Waals surface area (Å²) in [6, 6.07) is 5.10. The van der Waals surface area contributed by atoms with Crippen molar-refractivity contribution in [3.05, 3.63) is 38.8 Å². The molecule has 0 spiro atoms. The maximum absolute atomic E-state index is 11.8. The van der Waals surface area contributed by atoms with Crippen LogP contribution in [0.15, 0.2) is 28.2 Å².